The van der Waals surface area contributed by atoms with Gasteiger partial charge in [-0.15, -0.1) is 0 Å². The molecule has 4 fully saturated rings. The summed E-state index contributed by atoms with van der Waals surface area (Å²) in [5.41, 5.74) is -0.122. The van der Waals surface area contributed by atoms with Gasteiger partial charge < -0.3 is 104 Å². The van der Waals surface area contributed by atoms with Crippen LogP contribution in [0.15, 0.2) is 60.7 Å². The molecule has 4 aliphatic rings. The molecule has 0 amide bonds. The lowest BCUT2D eigenvalue weighted by Crippen LogP contribution is -2.65. The molecule has 19 unspecified atom stereocenters. The molecule has 0 aliphatic carbocycles. The van der Waals surface area contributed by atoms with E-state index in [1.165, 1.54) is 63.2 Å². The van der Waals surface area contributed by atoms with E-state index in [0.29, 0.717) is 11.1 Å². The number of hydrogen-bond donors (Lipinski definition) is 12. The van der Waals surface area contributed by atoms with Crippen LogP contribution in [0.3, 0.4) is 0 Å². The van der Waals surface area contributed by atoms with E-state index >= 15 is 0 Å². The molecule has 0 radical (unpaired) electrons. The molecular weight excluding hydrogens is 973 g/mol. The smallest absolute Gasteiger partial charge is 0.331 e. The van der Waals surface area contributed by atoms with E-state index in [0.717, 1.165) is 19.1 Å². The molecular formula is C49H60O24. The van der Waals surface area contributed by atoms with E-state index in [4.69, 9.17) is 42.6 Å². The molecule has 12 N–H and O–H groups in total. The second-order valence-electron chi connectivity index (χ2n) is 18.2. The number of ether oxygens (including phenoxy) is 9. The SMILES string of the molecule is CC(=O)OC1C(O)C(C)OC(OC2C(C)OC(OC3C(C)OC(c4c(O)cc(OC5OC(CO)C(O)C5O)c(C(=O)CCc5ccc(O)cc5)c4O)C(O)C3O)C(O)C2OC(=O)/C=C/c2ccc(O)cc2)C1O. The molecule has 4 aliphatic heterocycles. The van der Waals surface area contributed by atoms with Gasteiger partial charge in [-0.2, -0.15) is 0 Å². The van der Waals surface area contributed by atoms with Gasteiger partial charge >= 0.3 is 11.9 Å². The summed E-state index contributed by atoms with van der Waals surface area (Å²) in [6.45, 7) is 4.52. The molecule has 0 bridgehead atoms. The van der Waals surface area contributed by atoms with E-state index in [-0.39, 0.29) is 24.3 Å². The summed E-state index contributed by atoms with van der Waals surface area (Å²) in [6, 6.07) is 12.5. The van der Waals surface area contributed by atoms with Crippen molar-refractivity contribution < 1.29 is 118 Å². The van der Waals surface area contributed by atoms with Crippen molar-refractivity contribution in [3.05, 3.63) is 82.9 Å². The van der Waals surface area contributed by atoms with E-state index in [2.05, 4.69) is 0 Å². The van der Waals surface area contributed by atoms with Crippen molar-refractivity contribution in [3.63, 3.8) is 0 Å². The third kappa shape index (κ3) is 12.2. The highest BCUT2D eigenvalue weighted by Crippen LogP contribution is 2.48. The van der Waals surface area contributed by atoms with Gasteiger partial charge in [-0.3, -0.25) is 9.59 Å². The van der Waals surface area contributed by atoms with Crippen LogP contribution in [0, 0.1) is 0 Å². The van der Waals surface area contributed by atoms with Gasteiger partial charge in [-0.25, -0.2) is 4.79 Å². The first-order valence-electron chi connectivity index (χ1n) is 23.3. The van der Waals surface area contributed by atoms with Crippen LogP contribution in [-0.4, -0.2) is 196 Å². The van der Waals surface area contributed by atoms with Crippen molar-refractivity contribution in [2.75, 3.05) is 6.61 Å². The number of carbonyl (C=O) groups excluding carboxylic acids is 3. The number of carbonyl (C=O) groups is 3. The zero-order valence-corrected chi connectivity index (χ0v) is 39.7. The maximum atomic E-state index is 14.0. The lowest BCUT2D eigenvalue weighted by Gasteiger charge is -2.48. The Kier molecular flexibility index (Phi) is 17.6. The van der Waals surface area contributed by atoms with Crippen molar-refractivity contribution in [3.8, 4) is 28.7 Å². The van der Waals surface area contributed by atoms with E-state index in [9.17, 15) is 75.7 Å². The van der Waals surface area contributed by atoms with E-state index < -0.39 is 169 Å². The Balaban J connectivity index is 1.14. The Bertz CT molecular complexity index is 2420. The minimum atomic E-state index is -2.09. The largest absolute Gasteiger partial charge is 0.508 e. The van der Waals surface area contributed by atoms with Gasteiger partial charge in [0, 0.05) is 25.5 Å². The summed E-state index contributed by atoms with van der Waals surface area (Å²) in [4.78, 5) is 39.3. The number of Topliss-reactive ketones (excluding diaryl/α,β-unsaturated/α-hetero) is 1. The molecule has 400 valence electrons. The molecule has 4 heterocycles. The predicted octanol–water partition coefficient (Wildman–Crippen LogP) is -0.776. The van der Waals surface area contributed by atoms with Crippen LogP contribution in [0.1, 0.15) is 67.3 Å². The minimum Gasteiger partial charge on any atom is -0.508 e. The fourth-order valence-electron chi connectivity index (χ4n) is 8.99. The fourth-order valence-corrected chi connectivity index (χ4v) is 8.99. The van der Waals surface area contributed by atoms with Crippen molar-refractivity contribution in [1.82, 2.24) is 0 Å². The number of benzene rings is 3. The van der Waals surface area contributed by atoms with Crippen LogP contribution in [0.5, 0.6) is 28.7 Å². The minimum absolute atomic E-state index is 0.0284. The Morgan fingerprint density at radius 2 is 1.21 bits per heavy atom. The zero-order valence-electron chi connectivity index (χ0n) is 39.7. The monoisotopic (exact) mass is 1030 g/mol. The first kappa shape index (κ1) is 55.2. The summed E-state index contributed by atoms with van der Waals surface area (Å²) < 4.78 is 51.9. The van der Waals surface area contributed by atoms with Crippen LogP contribution < -0.4 is 4.74 Å². The third-order valence-corrected chi connectivity index (χ3v) is 13.0. The molecule has 0 aromatic heterocycles. The molecule has 7 rings (SSSR count). The molecule has 0 spiro atoms. The summed E-state index contributed by atoms with van der Waals surface area (Å²) >= 11 is 0. The molecule has 3 aromatic rings. The Morgan fingerprint density at radius 3 is 1.82 bits per heavy atom. The average molecular weight is 1030 g/mol. The number of aromatic hydroxyl groups is 4. The zero-order chi connectivity index (χ0) is 53.2. The summed E-state index contributed by atoms with van der Waals surface area (Å²) in [7, 11) is 0. The maximum absolute atomic E-state index is 14.0. The first-order valence-corrected chi connectivity index (χ1v) is 23.3. The van der Waals surface area contributed by atoms with Crippen molar-refractivity contribution in [2.24, 2.45) is 0 Å². The predicted molar refractivity (Wildman–Crippen MR) is 243 cm³/mol. The number of phenolic OH excluding ortho intramolecular Hbond substituents is 4. The molecule has 19 atom stereocenters. The Labute approximate surface area is 416 Å². The topological polar surface area (TPSA) is 377 Å². The summed E-state index contributed by atoms with van der Waals surface area (Å²) in [6.07, 6.45) is -29.0. The van der Waals surface area contributed by atoms with Crippen LogP contribution in [-0.2, 0) is 53.9 Å². The van der Waals surface area contributed by atoms with Crippen LogP contribution in [0.4, 0.5) is 0 Å². The molecule has 24 heteroatoms. The number of aliphatic hydroxyl groups is 8. The molecule has 73 heavy (non-hydrogen) atoms. The van der Waals surface area contributed by atoms with Gasteiger partial charge in [0.15, 0.2) is 30.6 Å². The Morgan fingerprint density at radius 1 is 0.616 bits per heavy atom. The van der Waals surface area contributed by atoms with Gasteiger partial charge in [-0.05, 0) is 68.7 Å². The van der Waals surface area contributed by atoms with Crippen LogP contribution in [0.25, 0.3) is 6.08 Å². The summed E-state index contributed by atoms with van der Waals surface area (Å²) in [5, 5.41) is 130. The molecule has 24 nitrogen and oxygen atoms in total. The number of aliphatic hydroxyl groups excluding tert-OH is 8. The van der Waals surface area contributed by atoms with Crippen LogP contribution in [0.2, 0.25) is 0 Å². The second-order valence-corrected chi connectivity index (χ2v) is 18.2. The average Bonchev–Trinajstić information content (AvgIpc) is 3.61. The quantitative estimate of drug-likeness (QED) is 0.0476. The van der Waals surface area contributed by atoms with Gasteiger partial charge in [0.25, 0.3) is 0 Å². The van der Waals surface area contributed by atoms with Crippen LogP contribution >= 0.6 is 0 Å². The number of aryl methyl sites for hydroxylation is 1. The maximum Gasteiger partial charge on any atom is 0.331 e. The van der Waals surface area contributed by atoms with Gasteiger partial charge in [0.05, 0.1) is 30.5 Å². The van der Waals surface area contributed by atoms with Crippen molar-refractivity contribution in [1.29, 1.82) is 0 Å². The highest BCUT2D eigenvalue weighted by Gasteiger charge is 2.55. The lowest BCUT2D eigenvalue weighted by molar-refractivity contribution is -0.366. The van der Waals surface area contributed by atoms with Crippen molar-refractivity contribution in [2.45, 2.75) is 157 Å². The highest BCUT2D eigenvalue weighted by atomic mass is 16.8. The third-order valence-electron chi connectivity index (χ3n) is 13.0. The number of esters is 2. The number of phenols is 4. The lowest BCUT2D eigenvalue weighted by atomic mass is 9.88. The normalized spacial score (nSPS) is 35.6. The van der Waals surface area contributed by atoms with Crippen molar-refractivity contribution >= 4 is 23.8 Å². The van der Waals surface area contributed by atoms with E-state index in [1.54, 1.807) is 12.1 Å². The standard InChI is InChI=1S/C49H60O24/c1-19-34(57)45(68-22(4)51)40(63)48(66-19)73-43-21(3)67-49(41(64)46(43)71-31(56)16-10-24-7-13-26(53)14-8-24)72-42-20(2)65-44(38(61)37(42)60)33-28(55)17-29(69-47-39(62)35(58)30(18-50)70-47)32(36(33)59)27(54)15-9-23-5-11-25(52)12-6-23/h5-8,10-14,16-17,19-21,30,34-35,37-50,52-53,55,57-64H,9,15,18H2,1-4H3/b16-10+. The molecule has 3 aromatic carbocycles. The Hall–Kier alpha value is -5.55. The van der Waals surface area contributed by atoms with Gasteiger partial charge in [-0.1, -0.05) is 24.3 Å². The molecule has 4 saturated heterocycles. The van der Waals surface area contributed by atoms with Gasteiger partial charge in [0.1, 0.15) is 101 Å². The summed E-state index contributed by atoms with van der Waals surface area (Å²) in [5.74, 6) is -5.11. The second kappa shape index (κ2) is 23.3. The highest BCUT2D eigenvalue weighted by molar-refractivity contribution is 6.02. The number of ketones is 1. The van der Waals surface area contributed by atoms with Gasteiger partial charge in [0.2, 0.25) is 6.29 Å². The van der Waals surface area contributed by atoms with E-state index in [1.807, 2.05) is 0 Å². The fraction of sp³-hybridized carbons (Fsp3) is 0.531. The number of hydrogen-bond acceptors (Lipinski definition) is 24. The first-order chi connectivity index (χ1) is 34.6. The molecule has 0 saturated carbocycles. The number of rotatable bonds is 16.